The number of hydrogen-bond acceptors (Lipinski definition) is 9. The number of nitrogens with one attached hydrogen (secondary N) is 2. The van der Waals surface area contributed by atoms with Crippen molar-refractivity contribution in [2.45, 2.75) is 0 Å². The van der Waals surface area contributed by atoms with Crippen molar-refractivity contribution in [1.29, 1.82) is 5.41 Å². The number of aromatic nitrogens is 2. The Labute approximate surface area is 204 Å². The number of likely N-dealkylation sites (N-methyl/N-ethyl adjacent to an activating group) is 2. The third-order valence-corrected chi connectivity index (χ3v) is 5.49. The fraction of sp³-hybridized carbons (Fsp3) is 0.292. The molecule has 0 radical (unpaired) electrons. The van der Waals surface area contributed by atoms with Crippen LogP contribution in [0.4, 0.5) is 28.7 Å². The molecule has 0 spiro atoms. The number of benzene rings is 2. The van der Waals surface area contributed by atoms with Crippen molar-refractivity contribution in [1.82, 2.24) is 14.9 Å². The number of nitro benzene ring substituents is 1. The highest BCUT2D eigenvalue weighted by Gasteiger charge is 2.22. The second-order valence-corrected chi connectivity index (χ2v) is 8.16. The van der Waals surface area contributed by atoms with E-state index in [-0.39, 0.29) is 17.3 Å². The summed E-state index contributed by atoms with van der Waals surface area (Å²) < 4.78 is 5.52. The molecule has 184 valence electrons. The molecule has 0 saturated carbocycles. The second kappa shape index (κ2) is 11.4. The van der Waals surface area contributed by atoms with Gasteiger partial charge >= 0.3 is 0 Å². The van der Waals surface area contributed by atoms with E-state index in [4.69, 9.17) is 10.1 Å². The summed E-state index contributed by atoms with van der Waals surface area (Å²) in [5.41, 5.74) is 3.09. The molecule has 0 fully saturated rings. The second-order valence-electron chi connectivity index (χ2n) is 8.16. The molecular formula is C24H31N8O3+. The predicted octanol–water partition coefficient (Wildman–Crippen LogP) is 2.38. The summed E-state index contributed by atoms with van der Waals surface area (Å²) in [5, 5.41) is 25.5. The average molecular weight is 480 g/mol. The Hall–Kier alpha value is -4.09. The van der Waals surface area contributed by atoms with Gasteiger partial charge in [0.25, 0.3) is 5.69 Å². The molecular weight excluding hydrogens is 448 g/mol. The van der Waals surface area contributed by atoms with E-state index in [9.17, 15) is 10.1 Å². The zero-order valence-electron chi connectivity index (χ0n) is 20.6. The van der Waals surface area contributed by atoms with E-state index >= 15 is 0 Å². The average Bonchev–Trinajstić information content (AvgIpc) is 2.86. The highest BCUT2D eigenvalue weighted by molar-refractivity contribution is 6.12. The Balaban J connectivity index is 1.94. The Morgan fingerprint density at radius 3 is 2.60 bits per heavy atom. The van der Waals surface area contributed by atoms with Crippen LogP contribution in [-0.2, 0) is 0 Å². The molecule has 0 saturated heterocycles. The van der Waals surface area contributed by atoms with Crippen LogP contribution in [0.15, 0.2) is 48.7 Å². The monoisotopic (exact) mass is 479 g/mol. The summed E-state index contributed by atoms with van der Waals surface area (Å²) in [5.74, 6) is 0.615. The lowest BCUT2D eigenvalue weighted by Gasteiger charge is -2.22. The molecule has 0 atom stereocenters. The van der Waals surface area contributed by atoms with Crippen LogP contribution in [0.25, 0.3) is 0 Å². The fourth-order valence-corrected chi connectivity index (χ4v) is 3.54. The van der Waals surface area contributed by atoms with Crippen LogP contribution in [-0.4, -0.2) is 73.9 Å². The van der Waals surface area contributed by atoms with Crippen LogP contribution in [0.5, 0.6) is 5.75 Å². The highest BCUT2D eigenvalue weighted by Crippen LogP contribution is 2.38. The number of nitrogens with two attached hydrogens (primary N) is 1. The van der Waals surface area contributed by atoms with Gasteiger partial charge in [-0.1, -0.05) is 12.1 Å². The van der Waals surface area contributed by atoms with Crippen LogP contribution < -0.4 is 20.3 Å². The van der Waals surface area contributed by atoms with Crippen LogP contribution in [0.3, 0.4) is 0 Å². The zero-order chi connectivity index (χ0) is 25.5. The maximum atomic E-state index is 11.9. The van der Waals surface area contributed by atoms with Gasteiger partial charge in [-0.15, -0.1) is 0 Å². The minimum atomic E-state index is -0.419. The van der Waals surface area contributed by atoms with Crippen molar-refractivity contribution >= 4 is 34.4 Å². The normalized spacial score (nSPS) is 10.8. The molecule has 11 nitrogen and oxygen atoms in total. The van der Waals surface area contributed by atoms with Gasteiger partial charge in [0.2, 0.25) is 5.95 Å². The fourth-order valence-electron chi connectivity index (χ4n) is 3.54. The van der Waals surface area contributed by atoms with E-state index in [2.05, 4.69) is 15.3 Å². The molecule has 11 heteroatoms. The maximum Gasteiger partial charge on any atom is 0.294 e. The molecule has 0 aliphatic heterocycles. The molecule has 2 aromatic carbocycles. The smallest absolute Gasteiger partial charge is 0.294 e. The summed E-state index contributed by atoms with van der Waals surface area (Å²) in [6, 6.07) is 12.3. The van der Waals surface area contributed by atoms with Crippen molar-refractivity contribution in [3.05, 3.63) is 70.0 Å². The molecule has 1 aromatic heterocycles. The Kier molecular flexibility index (Phi) is 8.29. The summed E-state index contributed by atoms with van der Waals surface area (Å²) >= 11 is 0. The topological polar surface area (TPSA) is 137 Å². The van der Waals surface area contributed by atoms with E-state index in [0.717, 1.165) is 17.8 Å². The molecule has 0 bridgehead atoms. The van der Waals surface area contributed by atoms with Crippen molar-refractivity contribution in [3.8, 4) is 5.75 Å². The van der Waals surface area contributed by atoms with Crippen molar-refractivity contribution < 1.29 is 15.0 Å². The maximum absolute atomic E-state index is 11.9. The van der Waals surface area contributed by atoms with E-state index in [0.29, 0.717) is 29.4 Å². The molecule has 0 unspecified atom stereocenters. The van der Waals surface area contributed by atoms with Gasteiger partial charge in [-0.25, -0.2) is 9.97 Å². The number of methoxy groups -OCH3 is 1. The first kappa shape index (κ1) is 25.5. The summed E-state index contributed by atoms with van der Waals surface area (Å²) in [6.45, 7) is 1.34. The van der Waals surface area contributed by atoms with Crippen molar-refractivity contribution in [2.24, 2.45) is 0 Å². The third kappa shape index (κ3) is 6.08. The lowest BCUT2D eigenvalue weighted by Crippen LogP contribution is -2.73. The zero-order valence-corrected chi connectivity index (χ0v) is 20.6. The predicted molar refractivity (Wildman–Crippen MR) is 137 cm³/mol. The van der Waals surface area contributed by atoms with E-state index in [1.165, 1.54) is 13.2 Å². The Bertz CT molecular complexity index is 1220. The van der Waals surface area contributed by atoms with Gasteiger partial charge in [0.15, 0.2) is 0 Å². The number of nitro groups is 1. The molecule has 4 N–H and O–H groups in total. The molecule has 0 amide bonds. The van der Waals surface area contributed by atoms with Crippen molar-refractivity contribution in [2.75, 3.05) is 58.6 Å². The number of hydrogen-bond donors (Lipinski definition) is 3. The van der Waals surface area contributed by atoms with Crippen LogP contribution >= 0.6 is 0 Å². The number of quaternary nitrogens is 1. The summed E-state index contributed by atoms with van der Waals surface area (Å²) in [7, 11) is 9.12. The van der Waals surface area contributed by atoms with E-state index in [1.807, 2.05) is 67.6 Å². The first-order valence-electron chi connectivity index (χ1n) is 11.0. The van der Waals surface area contributed by atoms with Gasteiger partial charge in [0, 0.05) is 38.5 Å². The molecule has 3 rings (SSSR count). The lowest BCUT2D eigenvalue weighted by atomic mass is 10.1. The van der Waals surface area contributed by atoms with Crippen LogP contribution in [0.2, 0.25) is 0 Å². The Morgan fingerprint density at radius 1 is 1.20 bits per heavy atom. The van der Waals surface area contributed by atoms with Gasteiger partial charge in [-0.2, -0.15) is 0 Å². The first-order valence-corrected chi connectivity index (χ1v) is 11.0. The Morgan fingerprint density at radius 2 is 1.94 bits per heavy atom. The van der Waals surface area contributed by atoms with E-state index in [1.54, 1.807) is 18.3 Å². The molecule has 1 heterocycles. The number of para-hydroxylation sites is 1. The lowest BCUT2D eigenvalue weighted by molar-refractivity contribution is -0.539. The molecule has 35 heavy (non-hydrogen) atoms. The van der Waals surface area contributed by atoms with E-state index < -0.39 is 4.92 Å². The van der Waals surface area contributed by atoms with Crippen molar-refractivity contribution in [3.63, 3.8) is 0 Å². The number of anilines is 3. The van der Waals surface area contributed by atoms with Gasteiger partial charge in [0.05, 0.1) is 41.7 Å². The number of ether oxygens (including phenoxy) is 1. The summed E-state index contributed by atoms with van der Waals surface area (Å²) in [6.07, 6.45) is 1.54. The SMILES string of the molecule is C[NH2+]c1ccccc1C(=N)c1ccnc(Nc2cc([N+](=O)[O-])c(N(C)CCN(C)C)cc2OC)n1. The minimum absolute atomic E-state index is 0.0640. The van der Waals surface area contributed by atoms with Gasteiger partial charge in [-0.3, -0.25) is 15.5 Å². The summed E-state index contributed by atoms with van der Waals surface area (Å²) in [4.78, 5) is 24.0. The van der Waals surface area contributed by atoms with Gasteiger partial charge in [-0.05, 0) is 32.3 Å². The van der Waals surface area contributed by atoms with Crippen LogP contribution in [0, 0.1) is 15.5 Å². The number of nitrogens with zero attached hydrogens (tertiary/aromatic N) is 5. The van der Waals surface area contributed by atoms with Gasteiger partial charge in [0.1, 0.15) is 17.1 Å². The molecule has 3 aromatic rings. The first-order chi connectivity index (χ1) is 16.7. The quantitative estimate of drug-likeness (QED) is 0.165. The standard InChI is InChI=1S/C24H30N8O3/c1-26-17-9-7-6-8-16(17)23(25)18-10-11-27-24(28-18)29-19-14-21(32(33)34)20(15-22(19)35-5)31(4)13-12-30(2)3/h6-11,14-15,25-26H,12-13H2,1-5H3,(H,27,28,29)/p+1. The molecule has 0 aliphatic carbocycles. The highest BCUT2D eigenvalue weighted by atomic mass is 16.6. The van der Waals surface area contributed by atoms with Gasteiger partial charge < -0.3 is 25.2 Å². The number of rotatable bonds is 11. The largest absolute Gasteiger partial charge is 0.494 e. The third-order valence-electron chi connectivity index (χ3n) is 5.49. The molecule has 0 aliphatic rings. The minimum Gasteiger partial charge on any atom is -0.494 e. The van der Waals surface area contributed by atoms with Crippen LogP contribution in [0.1, 0.15) is 11.3 Å².